The molecule has 2 nitrogen and oxygen atoms in total. The molecule has 0 radical (unpaired) electrons. The Labute approximate surface area is 162 Å². The summed E-state index contributed by atoms with van der Waals surface area (Å²) >= 11 is 0. The van der Waals surface area contributed by atoms with Crippen LogP contribution >= 0.6 is 0 Å². The lowest BCUT2D eigenvalue weighted by Crippen LogP contribution is -2.25. The average Bonchev–Trinajstić information content (AvgIpc) is 2.66. The smallest absolute Gasteiger partial charge is 0.0669 e. The minimum absolute atomic E-state index is 0.509. The summed E-state index contributed by atoms with van der Waals surface area (Å²) in [4.78, 5) is 2.57. The highest BCUT2D eigenvalue weighted by Gasteiger charge is 2.06. The molecule has 0 unspecified atom stereocenters. The number of rotatable bonds is 16. The van der Waals surface area contributed by atoms with E-state index in [-0.39, 0.29) is 0 Å². The van der Waals surface area contributed by atoms with Crippen LogP contribution in [-0.4, -0.2) is 13.1 Å². The molecule has 0 aliphatic rings. The molecule has 146 valence electrons. The molecule has 0 bridgehead atoms. The second-order valence-corrected chi connectivity index (χ2v) is 7.52. The van der Waals surface area contributed by atoms with Gasteiger partial charge in [-0.2, -0.15) is 5.26 Å². The second kappa shape index (κ2) is 15.7. The van der Waals surface area contributed by atoms with Gasteiger partial charge in [-0.25, -0.2) is 0 Å². The number of anilines is 1. The van der Waals surface area contributed by atoms with Gasteiger partial charge in [0.05, 0.1) is 12.5 Å². The fourth-order valence-corrected chi connectivity index (χ4v) is 3.45. The molecule has 0 saturated heterocycles. The summed E-state index contributed by atoms with van der Waals surface area (Å²) < 4.78 is 0. The minimum Gasteiger partial charge on any atom is -0.372 e. The van der Waals surface area contributed by atoms with Crippen LogP contribution in [0.4, 0.5) is 5.69 Å². The molecule has 1 aromatic rings. The van der Waals surface area contributed by atoms with E-state index in [1.54, 1.807) is 0 Å². The van der Waals surface area contributed by atoms with Gasteiger partial charge in [0.1, 0.15) is 0 Å². The predicted molar refractivity (Wildman–Crippen MR) is 115 cm³/mol. The van der Waals surface area contributed by atoms with Crippen molar-refractivity contribution in [3.05, 3.63) is 29.8 Å². The van der Waals surface area contributed by atoms with E-state index in [1.807, 2.05) is 0 Å². The van der Waals surface area contributed by atoms with Gasteiger partial charge in [0.15, 0.2) is 0 Å². The third kappa shape index (κ3) is 10.5. The highest BCUT2D eigenvalue weighted by molar-refractivity contribution is 5.47. The molecule has 2 heteroatoms. The number of nitrogens with zero attached hydrogens (tertiary/aromatic N) is 2. The Morgan fingerprint density at radius 3 is 1.62 bits per heavy atom. The Bertz CT molecular complexity index is 456. The van der Waals surface area contributed by atoms with Gasteiger partial charge in [-0.05, 0) is 30.5 Å². The van der Waals surface area contributed by atoms with Gasteiger partial charge in [0, 0.05) is 18.8 Å². The largest absolute Gasteiger partial charge is 0.372 e. The van der Waals surface area contributed by atoms with Crippen molar-refractivity contribution in [1.82, 2.24) is 0 Å². The van der Waals surface area contributed by atoms with Gasteiger partial charge in [0.25, 0.3) is 0 Å². The quantitative estimate of drug-likeness (QED) is 0.291. The van der Waals surface area contributed by atoms with E-state index in [9.17, 15) is 0 Å². The monoisotopic (exact) mass is 356 g/mol. The summed E-state index contributed by atoms with van der Waals surface area (Å²) in [6.45, 7) is 6.88. The zero-order chi connectivity index (χ0) is 18.9. The summed E-state index contributed by atoms with van der Waals surface area (Å²) in [5, 5.41) is 8.85. The summed E-state index contributed by atoms with van der Waals surface area (Å²) in [7, 11) is 0. The first-order chi connectivity index (χ1) is 12.8. The molecule has 0 heterocycles. The van der Waals surface area contributed by atoms with Gasteiger partial charge in [0.2, 0.25) is 0 Å². The van der Waals surface area contributed by atoms with E-state index in [4.69, 9.17) is 5.26 Å². The number of hydrogen-bond acceptors (Lipinski definition) is 2. The zero-order valence-electron chi connectivity index (χ0n) is 17.3. The molecule has 1 aromatic carbocycles. The Balaban J connectivity index is 2.44. The fourth-order valence-electron chi connectivity index (χ4n) is 3.45. The SMILES string of the molecule is CCCCCCCCN(CCCCCCCC)c1ccc(CC#N)cc1. The second-order valence-electron chi connectivity index (χ2n) is 7.52. The van der Waals surface area contributed by atoms with Gasteiger partial charge >= 0.3 is 0 Å². The van der Waals surface area contributed by atoms with E-state index in [0.717, 1.165) is 5.56 Å². The molecule has 0 saturated carbocycles. The van der Waals surface area contributed by atoms with Crippen molar-refractivity contribution < 1.29 is 0 Å². The van der Waals surface area contributed by atoms with Crippen LogP contribution in [0.3, 0.4) is 0 Å². The third-order valence-electron chi connectivity index (χ3n) is 5.15. The standard InChI is InChI=1S/C24H40N2/c1-3-5-7-9-11-13-21-26(22-14-12-10-8-6-4-2)24-17-15-23(16-18-24)19-20-25/h15-18H,3-14,19,21-22H2,1-2H3. The lowest BCUT2D eigenvalue weighted by molar-refractivity contribution is 0.575. The molecule has 0 aromatic heterocycles. The van der Waals surface area contributed by atoms with Crippen molar-refractivity contribution in [1.29, 1.82) is 5.26 Å². The number of unbranched alkanes of at least 4 members (excludes halogenated alkanes) is 10. The van der Waals surface area contributed by atoms with Crippen LogP contribution in [0.1, 0.15) is 96.5 Å². The van der Waals surface area contributed by atoms with Gasteiger partial charge in [-0.1, -0.05) is 90.2 Å². The maximum atomic E-state index is 8.85. The molecule has 0 atom stereocenters. The summed E-state index contributed by atoms with van der Waals surface area (Å²) in [5.74, 6) is 0. The zero-order valence-corrected chi connectivity index (χ0v) is 17.3. The highest BCUT2D eigenvalue weighted by atomic mass is 15.1. The molecule has 0 N–H and O–H groups in total. The molecule has 26 heavy (non-hydrogen) atoms. The van der Waals surface area contributed by atoms with Gasteiger partial charge in [-0.15, -0.1) is 0 Å². The Hall–Kier alpha value is -1.49. The summed E-state index contributed by atoms with van der Waals surface area (Å²) in [6.07, 6.45) is 16.7. The molecule has 0 spiro atoms. The lowest BCUT2D eigenvalue weighted by Gasteiger charge is -2.25. The van der Waals surface area contributed by atoms with E-state index in [0.29, 0.717) is 6.42 Å². The van der Waals surface area contributed by atoms with Gasteiger partial charge in [-0.3, -0.25) is 0 Å². The van der Waals surface area contributed by atoms with Crippen LogP contribution in [0.25, 0.3) is 0 Å². The number of nitriles is 1. The van der Waals surface area contributed by atoms with Crippen LogP contribution < -0.4 is 4.90 Å². The van der Waals surface area contributed by atoms with Crippen molar-refractivity contribution in [2.75, 3.05) is 18.0 Å². The molecule has 1 rings (SSSR count). The van der Waals surface area contributed by atoms with Crippen molar-refractivity contribution in [3.8, 4) is 6.07 Å². The number of hydrogen-bond donors (Lipinski definition) is 0. The van der Waals surface area contributed by atoms with Crippen molar-refractivity contribution >= 4 is 5.69 Å². The van der Waals surface area contributed by atoms with Crippen LogP contribution in [0.2, 0.25) is 0 Å². The predicted octanol–water partition coefficient (Wildman–Crippen LogP) is 7.28. The molecule has 0 amide bonds. The maximum absolute atomic E-state index is 8.85. The van der Waals surface area contributed by atoms with Crippen LogP contribution in [0, 0.1) is 11.3 Å². The van der Waals surface area contributed by atoms with Crippen LogP contribution in [-0.2, 0) is 6.42 Å². The van der Waals surface area contributed by atoms with E-state index >= 15 is 0 Å². The Morgan fingerprint density at radius 1 is 0.692 bits per heavy atom. The van der Waals surface area contributed by atoms with Gasteiger partial charge < -0.3 is 4.90 Å². The molecule has 0 aliphatic carbocycles. The first kappa shape index (κ1) is 22.6. The van der Waals surface area contributed by atoms with Crippen molar-refractivity contribution in [2.24, 2.45) is 0 Å². The molecular weight excluding hydrogens is 316 g/mol. The Morgan fingerprint density at radius 2 is 1.15 bits per heavy atom. The van der Waals surface area contributed by atoms with Crippen LogP contribution in [0.5, 0.6) is 0 Å². The molecule has 0 fully saturated rings. The van der Waals surface area contributed by atoms with E-state index in [1.165, 1.54) is 95.8 Å². The topological polar surface area (TPSA) is 27.0 Å². The molecular formula is C24H40N2. The average molecular weight is 357 g/mol. The van der Waals surface area contributed by atoms with E-state index < -0.39 is 0 Å². The lowest BCUT2D eigenvalue weighted by atomic mass is 10.1. The molecule has 0 aliphatic heterocycles. The maximum Gasteiger partial charge on any atom is 0.0669 e. The highest BCUT2D eigenvalue weighted by Crippen LogP contribution is 2.18. The first-order valence-electron chi connectivity index (χ1n) is 11.0. The first-order valence-corrected chi connectivity index (χ1v) is 11.0. The normalized spacial score (nSPS) is 10.7. The summed E-state index contributed by atoms with van der Waals surface area (Å²) in [6, 6.07) is 10.9. The van der Waals surface area contributed by atoms with Crippen molar-refractivity contribution in [2.45, 2.75) is 97.3 Å². The van der Waals surface area contributed by atoms with Crippen molar-refractivity contribution in [3.63, 3.8) is 0 Å². The summed E-state index contributed by atoms with van der Waals surface area (Å²) in [5.41, 5.74) is 2.45. The minimum atomic E-state index is 0.509. The van der Waals surface area contributed by atoms with Crippen LogP contribution in [0.15, 0.2) is 24.3 Å². The third-order valence-corrected chi connectivity index (χ3v) is 5.15. The van der Waals surface area contributed by atoms with E-state index in [2.05, 4.69) is 49.1 Å². The fraction of sp³-hybridized carbons (Fsp3) is 0.708. The number of benzene rings is 1. The Kier molecular flexibility index (Phi) is 13.7.